The summed E-state index contributed by atoms with van der Waals surface area (Å²) in [5.41, 5.74) is 8.79. The minimum Gasteiger partial charge on any atom is -0.0653 e. The van der Waals surface area contributed by atoms with E-state index in [2.05, 4.69) is 86.6 Å². The van der Waals surface area contributed by atoms with E-state index in [9.17, 15) is 0 Å². The predicted octanol–water partition coefficient (Wildman–Crippen LogP) is 7.22. The van der Waals surface area contributed by atoms with Gasteiger partial charge in [0.05, 0.1) is 0 Å². The zero-order valence-corrected chi connectivity index (χ0v) is 15.3. The Morgan fingerprint density at radius 2 is 1.24 bits per heavy atom. The first-order valence-electron chi connectivity index (χ1n) is 9.60. The molecule has 0 atom stereocenters. The van der Waals surface area contributed by atoms with Gasteiger partial charge in [0.2, 0.25) is 0 Å². The fraction of sp³-hybridized carbons (Fsp3) is 0.280. The topological polar surface area (TPSA) is 0 Å². The van der Waals surface area contributed by atoms with Crippen LogP contribution in [0.3, 0.4) is 0 Å². The zero-order valence-electron chi connectivity index (χ0n) is 15.3. The Labute approximate surface area is 151 Å². The van der Waals surface area contributed by atoms with Crippen LogP contribution in [0.5, 0.6) is 0 Å². The number of hydrogen-bond acceptors (Lipinski definition) is 0. The molecule has 0 aliphatic heterocycles. The van der Waals surface area contributed by atoms with E-state index in [1.54, 1.807) is 11.1 Å². The summed E-state index contributed by atoms with van der Waals surface area (Å²) in [6, 6.07) is 26.9. The van der Waals surface area contributed by atoms with Gasteiger partial charge in [-0.3, -0.25) is 0 Å². The van der Waals surface area contributed by atoms with Crippen molar-refractivity contribution < 1.29 is 0 Å². The van der Waals surface area contributed by atoms with Crippen molar-refractivity contribution in [3.8, 4) is 22.3 Å². The number of benzene rings is 3. The second kappa shape index (κ2) is 6.52. The summed E-state index contributed by atoms with van der Waals surface area (Å²) in [5, 5.41) is 0. The van der Waals surface area contributed by atoms with Crippen molar-refractivity contribution in [3.63, 3.8) is 0 Å². The Bertz CT molecular complexity index is 868. The second-order valence-electron chi connectivity index (χ2n) is 7.25. The van der Waals surface area contributed by atoms with E-state index in [0.717, 1.165) is 0 Å². The Hall–Kier alpha value is -2.34. The van der Waals surface area contributed by atoms with Crippen LogP contribution in [-0.2, 0) is 5.41 Å². The van der Waals surface area contributed by atoms with Gasteiger partial charge in [-0.2, -0.15) is 0 Å². The summed E-state index contributed by atoms with van der Waals surface area (Å²) in [4.78, 5) is 0. The van der Waals surface area contributed by atoms with Gasteiger partial charge in [-0.05, 0) is 52.3 Å². The fourth-order valence-electron chi connectivity index (χ4n) is 4.78. The van der Waals surface area contributed by atoms with Crippen LogP contribution in [0.2, 0.25) is 0 Å². The Kier molecular flexibility index (Phi) is 4.21. The molecule has 0 bridgehead atoms. The van der Waals surface area contributed by atoms with E-state index in [0.29, 0.717) is 0 Å². The number of hydrogen-bond donors (Lipinski definition) is 0. The molecule has 1 aliphatic carbocycles. The molecule has 0 nitrogen and oxygen atoms in total. The van der Waals surface area contributed by atoms with Crippen molar-refractivity contribution in [2.24, 2.45) is 0 Å². The lowest BCUT2D eigenvalue weighted by Gasteiger charge is -2.32. The van der Waals surface area contributed by atoms with Gasteiger partial charge in [-0.1, -0.05) is 93.4 Å². The fourth-order valence-corrected chi connectivity index (χ4v) is 4.78. The average molecular weight is 326 g/mol. The molecule has 3 aromatic rings. The van der Waals surface area contributed by atoms with Gasteiger partial charge in [0.1, 0.15) is 0 Å². The predicted molar refractivity (Wildman–Crippen MR) is 108 cm³/mol. The van der Waals surface area contributed by atoms with E-state index in [-0.39, 0.29) is 5.41 Å². The first-order chi connectivity index (χ1) is 12.3. The summed E-state index contributed by atoms with van der Waals surface area (Å²) >= 11 is 0. The highest BCUT2D eigenvalue weighted by Crippen LogP contribution is 2.54. The molecule has 0 amide bonds. The monoisotopic (exact) mass is 326 g/mol. The summed E-state index contributed by atoms with van der Waals surface area (Å²) < 4.78 is 0. The summed E-state index contributed by atoms with van der Waals surface area (Å²) in [6.07, 6.45) is 4.87. The lowest BCUT2D eigenvalue weighted by atomic mass is 9.71. The molecule has 0 heterocycles. The van der Waals surface area contributed by atoms with Gasteiger partial charge in [0.15, 0.2) is 0 Å². The molecule has 1 aliphatic rings. The molecular weight excluding hydrogens is 300 g/mol. The van der Waals surface area contributed by atoms with Crippen LogP contribution < -0.4 is 0 Å². The van der Waals surface area contributed by atoms with Crippen molar-refractivity contribution in [1.29, 1.82) is 0 Å². The van der Waals surface area contributed by atoms with E-state index >= 15 is 0 Å². The molecular formula is C25H26. The maximum Gasteiger partial charge on any atom is 0.0215 e. The third-order valence-electron chi connectivity index (χ3n) is 5.73. The zero-order chi connectivity index (χ0) is 17.3. The van der Waals surface area contributed by atoms with Gasteiger partial charge in [0, 0.05) is 5.41 Å². The maximum absolute atomic E-state index is 2.47. The molecule has 0 unspecified atom stereocenters. The van der Waals surface area contributed by atoms with Gasteiger partial charge >= 0.3 is 0 Å². The smallest absolute Gasteiger partial charge is 0.0215 e. The molecule has 0 radical (unpaired) electrons. The van der Waals surface area contributed by atoms with Crippen LogP contribution >= 0.6 is 0 Å². The van der Waals surface area contributed by atoms with Crippen LogP contribution in [-0.4, -0.2) is 0 Å². The Morgan fingerprint density at radius 1 is 0.600 bits per heavy atom. The van der Waals surface area contributed by atoms with E-state index in [4.69, 9.17) is 0 Å². The standard InChI is InChI=1S/C25H26/c1-3-16-25(17-4-2)23-13-9-8-12-21(23)22-15-14-20(18-24(22)25)19-10-6-5-7-11-19/h5-15,18H,3-4,16-17H2,1-2H3. The van der Waals surface area contributed by atoms with Crippen LogP contribution in [0, 0.1) is 0 Å². The molecule has 0 spiro atoms. The van der Waals surface area contributed by atoms with E-state index in [1.165, 1.54) is 47.9 Å². The molecule has 25 heavy (non-hydrogen) atoms. The van der Waals surface area contributed by atoms with Crippen molar-refractivity contribution >= 4 is 0 Å². The molecule has 4 rings (SSSR count). The minimum absolute atomic E-state index is 0.181. The van der Waals surface area contributed by atoms with Crippen LogP contribution in [0.1, 0.15) is 50.7 Å². The normalized spacial score (nSPS) is 14.2. The molecule has 0 aromatic heterocycles. The molecule has 3 aromatic carbocycles. The SMILES string of the molecule is CCCC1(CCC)c2ccccc2-c2ccc(-c3ccccc3)cc21. The number of rotatable bonds is 5. The third-order valence-corrected chi connectivity index (χ3v) is 5.73. The summed E-state index contributed by atoms with van der Waals surface area (Å²) in [6.45, 7) is 4.64. The van der Waals surface area contributed by atoms with E-state index < -0.39 is 0 Å². The summed E-state index contributed by atoms with van der Waals surface area (Å²) in [7, 11) is 0. The molecule has 0 N–H and O–H groups in total. The lowest BCUT2D eigenvalue weighted by Crippen LogP contribution is -2.25. The van der Waals surface area contributed by atoms with Gasteiger partial charge in [-0.25, -0.2) is 0 Å². The molecule has 0 heteroatoms. The Balaban J connectivity index is 1.95. The second-order valence-corrected chi connectivity index (χ2v) is 7.25. The van der Waals surface area contributed by atoms with Gasteiger partial charge < -0.3 is 0 Å². The lowest BCUT2D eigenvalue weighted by molar-refractivity contribution is 0.436. The van der Waals surface area contributed by atoms with E-state index in [1.807, 2.05) is 0 Å². The maximum atomic E-state index is 2.47. The third kappa shape index (κ3) is 2.52. The number of fused-ring (bicyclic) bond motifs is 3. The first kappa shape index (κ1) is 16.1. The first-order valence-corrected chi connectivity index (χ1v) is 9.60. The van der Waals surface area contributed by atoms with Crippen LogP contribution in [0.4, 0.5) is 0 Å². The molecule has 0 saturated heterocycles. The summed E-state index contributed by atoms with van der Waals surface area (Å²) in [5.74, 6) is 0. The van der Waals surface area contributed by atoms with Crippen LogP contribution in [0.15, 0.2) is 72.8 Å². The minimum atomic E-state index is 0.181. The van der Waals surface area contributed by atoms with Gasteiger partial charge in [0.25, 0.3) is 0 Å². The van der Waals surface area contributed by atoms with Crippen LogP contribution in [0.25, 0.3) is 22.3 Å². The quantitative estimate of drug-likeness (QED) is 0.464. The van der Waals surface area contributed by atoms with Crippen molar-refractivity contribution in [3.05, 3.63) is 83.9 Å². The highest BCUT2D eigenvalue weighted by molar-refractivity contribution is 5.83. The van der Waals surface area contributed by atoms with Crippen molar-refractivity contribution in [2.75, 3.05) is 0 Å². The Morgan fingerprint density at radius 3 is 1.96 bits per heavy atom. The van der Waals surface area contributed by atoms with Crippen molar-refractivity contribution in [1.82, 2.24) is 0 Å². The highest BCUT2D eigenvalue weighted by Gasteiger charge is 2.41. The highest BCUT2D eigenvalue weighted by atomic mass is 14.4. The van der Waals surface area contributed by atoms with Crippen molar-refractivity contribution in [2.45, 2.75) is 44.9 Å². The molecule has 126 valence electrons. The average Bonchev–Trinajstić information content (AvgIpc) is 2.93. The largest absolute Gasteiger partial charge is 0.0653 e. The molecule has 0 saturated carbocycles. The van der Waals surface area contributed by atoms with Gasteiger partial charge in [-0.15, -0.1) is 0 Å². The molecule has 0 fully saturated rings.